The van der Waals surface area contributed by atoms with Crippen molar-refractivity contribution in [3.8, 4) is 0 Å². The average Bonchev–Trinajstić information content (AvgIpc) is 2.61. The summed E-state index contributed by atoms with van der Waals surface area (Å²) in [4.78, 5) is 7.88. The molecule has 124 valence electrons. The van der Waals surface area contributed by atoms with Crippen LogP contribution >= 0.6 is 11.6 Å². The molecule has 3 rings (SSSR count). The Balaban J connectivity index is 0.00000208. The fraction of sp³-hybridized carbons (Fsp3) is 0.200. The highest BCUT2D eigenvalue weighted by Gasteiger charge is 2.20. The van der Waals surface area contributed by atoms with Crippen LogP contribution in [0.2, 0.25) is 0 Å². The summed E-state index contributed by atoms with van der Waals surface area (Å²) in [5, 5.41) is 0.902. The quantitative estimate of drug-likeness (QED) is 0.794. The molecule has 2 aromatic rings. The molecule has 1 aliphatic rings. The summed E-state index contributed by atoms with van der Waals surface area (Å²) in [6.45, 7) is 0. The Hall–Kier alpha value is -1.90. The second-order valence-corrected chi connectivity index (χ2v) is 6.05. The molecule has 0 heterocycles. The highest BCUT2D eigenvalue weighted by atomic mass is 35.5. The zero-order chi connectivity index (χ0) is 15.9. The van der Waals surface area contributed by atoms with E-state index in [1.807, 2.05) is 73.1 Å². The monoisotopic (exact) mass is 358 g/mol. The molecule has 1 unspecified atom stereocenters. The van der Waals surface area contributed by atoms with Crippen LogP contribution in [0, 0.1) is 5.92 Å². The zero-order valence-electron chi connectivity index (χ0n) is 13.3. The molecule has 0 aromatic heterocycles. The van der Waals surface area contributed by atoms with Crippen LogP contribution in [0.5, 0.6) is 0 Å². The molecular formula is C20H20Cl2N2. The lowest BCUT2D eigenvalue weighted by molar-refractivity contribution is -0.347. The normalized spacial score (nSPS) is 18.1. The van der Waals surface area contributed by atoms with Gasteiger partial charge in [-0.1, -0.05) is 48.0 Å². The van der Waals surface area contributed by atoms with E-state index in [0.717, 1.165) is 35.7 Å². The minimum atomic E-state index is 0. The van der Waals surface area contributed by atoms with Gasteiger partial charge < -0.3 is 12.4 Å². The van der Waals surface area contributed by atoms with Gasteiger partial charge in [0.25, 0.3) is 0 Å². The first-order valence-electron chi connectivity index (χ1n) is 7.95. The van der Waals surface area contributed by atoms with Crippen molar-refractivity contribution in [1.29, 1.82) is 0 Å². The molecule has 4 heteroatoms. The summed E-state index contributed by atoms with van der Waals surface area (Å²) in [6, 6.07) is 20.1. The van der Waals surface area contributed by atoms with Crippen molar-refractivity contribution in [2.24, 2.45) is 10.9 Å². The summed E-state index contributed by atoms with van der Waals surface area (Å²) in [5.41, 5.74) is 3.21. The van der Waals surface area contributed by atoms with E-state index in [0.29, 0.717) is 0 Å². The fourth-order valence-electron chi connectivity index (χ4n) is 2.67. The van der Waals surface area contributed by atoms with Crippen molar-refractivity contribution in [3.05, 3.63) is 71.3 Å². The van der Waals surface area contributed by atoms with Crippen molar-refractivity contribution in [2.75, 3.05) is 0 Å². The minimum absolute atomic E-state index is 0. The number of hydrogen-bond donors (Lipinski definition) is 1. The van der Waals surface area contributed by atoms with E-state index in [2.05, 4.69) is 9.98 Å². The summed E-state index contributed by atoms with van der Waals surface area (Å²) in [5.74, 6) is 0.203. The maximum absolute atomic E-state index is 6.60. The average molecular weight is 359 g/mol. The maximum atomic E-state index is 6.60. The van der Waals surface area contributed by atoms with Crippen LogP contribution in [0.3, 0.4) is 0 Å². The van der Waals surface area contributed by atoms with E-state index in [9.17, 15) is 0 Å². The second-order valence-electron chi connectivity index (χ2n) is 5.64. The number of nitrogens with one attached hydrogen (secondary N) is 1. The van der Waals surface area contributed by atoms with E-state index >= 15 is 0 Å². The van der Waals surface area contributed by atoms with Crippen LogP contribution in [-0.4, -0.2) is 12.4 Å². The third-order valence-electron chi connectivity index (χ3n) is 3.94. The van der Waals surface area contributed by atoms with Crippen molar-refractivity contribution in [2.45, 2.75) is 19.3 Å². The minimum Gasteiger partial charge on any atom is -1.00 e. The first kappa shape index (κ1) is 18.4. The fourth-order valence-corrected chi connectivity index (χ4v) is 2.99. The van der Waals surface area contributed by atoms with Gasteiger partial charge in [-0.3, -0.25) is 4.99 Å². The standard InChI is InChI=1S/C20H19ClN2.ClH/c21-20-16(14-22-18-10-3-1-4-11-18)8-7-9-17(20)15-23-19-12-5-2-6-13-19;/h1-6,10-16H,7-9H2;1H. The smallest absolute Gasteiger partial charge is 0.203 e. The Morgan fingerprint density at radius 2 is 1.67 bits per heavy atom. The lowest BCUT2D eigenvalue weighted by atomic mass is 9.91. The molecule has 1 atom stereocenters. The van der Waals surface area contributed by atoms with Gasteiger partial charge >= 0.3 is 0 Å². The third kappa shape index (κ3) is 5.05. The SMILES string of the molecule is ClC1=C(C=[NH+]c2ccccc2)CCCC1C=Nc1ccccc1.[Cl-]. The van der Waals surface area contributed by atoms with Gasteiger partial charge in [-0.25, -0.2) is 4.99 Å². The van der Waals surface area contributed by atoms with Crippen LogP contribution in [0.4, 0.5) is 11.4 Å². The Labute approximate surface area is 154 Å². The lowest BCUT2D eigenvalue weighted by Crippen LogP contribution is -3.00. The number of allylic oxidation sites excluding steroid dienone is 2. The van der Waals surface area contributed by atoms with Gasteiger partial charge in [0.15, 0.2) is 6.21 Å². The maximum Gasteiger partial charge on any atom is 0.203 e. The molecule has 0 bridgehead atoms. The van der Waals surface area contributed by atoms with Crippen molar-refractivity contribution in [3.63, 3.8) is 0 Å². The summed E-state index contributed by atoms with van der Waals surface area (Å²) >= 11 is 6.60. The van der Waals surface area contributed by atoms with Crippen LogP contribution in [0.25, 0.3) is 0 Å². The molecule has 0 amide bonds. The number of nitrogens with zero attached hydrogens (tertiary/aromatic N) is 1. The molecule has 2 aromatic carbocycles. The summed E-state index contributed by atoms with van der Waals surface area (Å²) in [6.07, 6.45) is 7.20. The third-order valence-corrected chi connectivity index (χ3v) is 4.46. The van der Waals surface area contributed by atoms with Gasteiger partial charge in [0, 0.05) is 34.9 Å². The first-order valence-corrected chi connectivity index (χ1v) is 8.33. The van der Waals surface area contributed by atoms with Crippen LogP contribution < -0.4 is 17.4 Å². The number of halogens is 2. The Bertz CT molecular complexity index is 722. The van der Waals surface area contributed by atoms with Crippen molar-refractivity contribution in [1.82, 2.24) is 0 Å². The molecular weight excluding hydrogens is 339 g/mol. The number of benzene rings is 2. The number of rotatable bonds is 4. The highest BCUT2D eigenvalue weighted by molar-refractivity contribution is 6.32. The molecule has 24 heavy (non-hydrogen) atoms. The molecule has 0 radical (unpaired) electrons. The van der Waals surface area contributed by atoms with E-state index in [4.69, 9.17) is 11.6 Å². The molecule has 0 saturated heterocycles. The second kappa shape index (κ2) is 9.41. The topological polar surface area (TPSA) is 26.3 Å². The van der Waals surface area contributed by atoms with E-state index in [-0.39, 0.29) is 18.3 Å². The summed E-state index contributed by atoms with van der Waals surface area (Å²) < 4.78 is 0. The largest absolute Gasteiger partial charge is 1.00 e. The van der Waals surface area contributed by atoms with E-state index in [1.165, 1.54) is 5.57 Å². The molecule has 1 aliphatic carbocycles. The van der Waals surface area contributed by atoms with E-state index < -0.39 is 0 Å². The number of para-hydroxylation sites is 2. The Morgan fingerprint density at radius 3 is 2.38 bits per heavy atom. The molecule has 0 fully saturated rings. The molecule has 0 spiro atoms. The van der Waals surface area contributed by atoms with Gasteiger partial charge in [0.2, 0.25) is 5.69 Å². The van der Waals surface area contributed by atoms with Gasteiger partial charge in [-0.05, 0) is 31.4 Å². The molecule has 1 N–H and O–H groups in total. The first-order chi connectivity index (χ1) is 11.3. The highest BCUT2D eigenvalue weighted by Crippen LogP contribution is 2.31. The van der Waals surface area contributed by atoms with Gasteiger partial charge in [0.05, 0.1) is 5.69 Å². The molecule has 2 nitrogen and oxygen atoms in total. The van der Waals surface area contributed by atoms with Gasteiger partial charge in [-0.2, -0.15) is 0 Å². The molecule has 0 aliphatic heterocycles. The predicted molar refractivity (Wildman–Crippen MR) is 97.9 cm³/mol. The lowest BCUT2D eigenvalue weighted by Gasteiger charge is -2.18. The molecule has 0 saturated carbocycles. The van der Waals surface area contributed by atoms with Crippen LogP contribution in [0.15, 0.2) is 76.3 Å². The zero-order valence-corrected chi connectivity index (χ0v) is 14.8. The van der Waals surface area contributed by atoms with Crippen LogP contribution in [0.1, 0.15) is 19.3 Å². The van der Waals surface area contributed by atoms with Gasteiger partial charge in [0.1, 0.15) is 0 Å². The Morgan fingerprint density at radius 1 is 1.00 bits per heavy atom. The predicted octanol–water partition coefficient (Wildman–Crippen LogP) is 1.17. The number of hydrogen-bond acceptors (Lipinski definition) is 1. The van der Waals surface area contributed by atoms with E-state index in [1.54, 1.807) is 0 Å². The number of aliphatic imine (C=N–C) groups is 1. The van der Waals surface area contributed by atoms with Crippen LogP contribution in [-0.2, 0) is 0 Å². The van der Waals surface area contributed by atoms with Crippen molar-refractivity contribution < 1.29 is 17.4 Å². The van der Waals surface area contributed by atoms with Crippen molar-refractivity contribution >= 4 is 35.4 Å². The Kier molecular flexibility index (Phi) is 7.23. The summed E-state index contributed by atoms with van der Waals surface area (Å²) in [7, 11) is 0. The van der Waals surface area contributed by atoms with Gasteiger partial charge in [-0.15, -0.1) is 0 Å².